The average molecular weight is 281 g/mol. The molecular formula is C11H21BrOS. The first kappa shape index (κ1) is 14.4. The number of unbranched alkanes of at least 4 members (excludes halogenated alkanes) is 1. The molecule has 0 aromatic carbocycles. The fourth-order valence-corrected chi connectivity index (χ4v) is 2.37. The molecule has 1 atom stereocenters. The van der Waals surface area contributed by atoms with Crippen molar-refractivity contribution in [3.8, 4) is 0 Å². The van der Waals surface area contributed by atoms with E-state index >= 15 is 0 Å². The summed E-state index contributed by atoms with van der Waals surface area (Å²) < 4.78 is 5.22. The zero-order chi connectivity index (χ0) is 10.8. The number of alkyl halides is 1. The topological polar surface area (TPSA) is 9.23 Å². The van der Waals surface area contributed by atoms with E-state index in [9.17, 15) is 0 Å². The molecule has 1 nitrogen and oxygen atoms in total. The van der Waals surface area contributed by atoms with E-state index < -0.39 is 0 Å². The predicted octanol–water partition coefficient (Wildman–Crippen LogP) is 4.47. The summed E-state index contributed by atoms with van der Waals surface area (Å²) in [4.78, 5) is 0.688. The Bertz CT molecular complexity index is 150. The van der Waals surface area contributed by atoms with Gasteiger partial charge in [-0.15, -0.1) is 0 Å². The Morgan fingerprint density at radius 2 is 2.00 bits per heavy atom. The molecule has 0 radical (unpaired) electrons. The fraction of sp³-hybridized carbons (Fsp3) is 0.909. The maximum Gasteiger partial charge on any atom is 0.159 e. The van der Waals surface area contributed by atoms with E-state index in [1.54, 1.807) is 0 Å². The molecule has 0 saturated carbocycles. The number of hydrogen-bond acceptors (Lipinski definition) is 2. The van der Waals surface area contributed by atoms with Crippen molar-refractivity contribution in [1.82, 2.24) is 0 Å². The van der Waals surface area contributed by atoms with Gasteiger partial charge in [0, 0.05) is 11.2 Å². The van der Waals surface area contributed by atoms with Gasteiger partial charge in [-0.3, -0.25) is 0 Å². The Morgan fingerprint density at radius 1 is 1.29 bits per heavy atom. The summed E-state index contributed by atoms with van der Waals surface area (Å²) in [5.74, 6) is 0. The fourth-order valence-electron chi connectivity index (χ4n) is 1.33. The van der Waals surface area contributed by atoms with Crippen molar-refractivity contribution in [1.29, 1.82) is 0 Å². The third-order valence-corrected chi connectivity index (χ3v) is 3.29. The molecular weight excluding hydrogens is 260 g/mol. The Labute approximate surface area is 102 Å². The monoisotopic (exact) mass is 280 g/mol. The van der Waals surface area contributed by atoms with E-state index in [-0.39, 0.29) is 0 Å². The van der Waals surface area contributed by atoms with Crippen LogP contribution >= 0.6 is 28.1 Å². The van der Waals surface area contributed by atoms with Crippen molar-refractivity contribution in [3.63, 3.8) is 0 Å². The second-order valence-corrected chi connectivity index (χ2v) is 5.19. The van der Waals surface area contributed by atoms with Crippen LogP contribution in [-0.4, -0.2) is 16.5 Å². The first-order chi connectivity index (χ1) is 6.70. The Kier molecular flexibility index (Phi) is 10.2. The van der Waals surface area contributed by atoms with Gasteiger partial charge in [0.05, 0.1) is 6.61 Å². The minimum absolute atomic E-state index is 0.688. The van der Waals surface area contributed by atoms with Crippen LogP contribution < -0.4 is 0 Å². The van der Waals surface area contributed by atoms with E-state index in [0.717, 1.165) is 17.9 Å². The van der Waals surface area contributed by atoms with Crippen molar-refractivity contribution in [2.24, 2.45) is 0 Å². The van der Waals surface area contributed by atoms with Crippen LogP contribution in [0.25, 0.3) is 0 Å². The molecule has 0 saturated heterocycles. The summed E-state index contributed by atoms with van der Waals surface area (Å²) in [5, 5.41) is 0.772. The maximum absolute atomic E-state index is 5.22. The van der Waals surface area contributed by atoms with Crippen LogP contribution in [-0.2, 0) is 4.74 Å². The van der Waals surface area contributed by atoms with Gasteiger partial charge in [0.2, 0.25) is 0 Å². The van der Waals surface area contributed by atoms with Crippen molar-refractivity contribution >= 4 is 33.2 Å². The molecule has 14 heavy (non-hydrogen) atoms. The second kappa shape index (κ2) is 9.91. The molecule has 0 fully saturated rings. The van der Waals surface area contributed by atoms with Crippen LogP contribution in [0.5, 0.6) is 0 Å². The van der Waals surface area contributed by atoms with E-state index in [1.807, 2.05) is 6.92 Å². The summed E-state index contributed by atoms with van der Waals surface area (Å²) in [5.41, 5.74) is 0. The minimum Gasteiger partial charge on any atom is -0.487 e. The molecule has 0 spiro atoms. The van der Waals surface area contributed by atoms with Gasteiger partial charge in [0.1, 0.15) is 0 Å². The lowest BCUT2D eigenvalue weighted by molar-refractivity contribution is 0.325. The predicted molar refractivity (Wildman–Crippen MR) is 70.3 cm³/mol. The second-order valence-electron chi connectivity index (χ2n) is 3.44. The molecule has 1 unspecified atom stereocenters. The number of ether oxygens (including phenoxy) is 1. The standard InChI is InChI=1S/C11H21BrOS/c1-3-7-10(12)8-5-6-9-11(14)13-4-2/h10H,3-9H2,1-2H3. The largest absolute Gasteiger partial charge is 0.487 e. The third kappa shape index (κ3) is 8.95. The van der Waals surface area contributed by atoms with Gasteiger partial charge in [-0.1, -0.05) is 35.7 Å². The molecule has 0 bridgehead atoms. The number of halogens is 1. The van der Waals surface area contributed by atoms with Crippen LogP contribution in [0.4, 0.5) is 0 Å². The van der Waals surface area contributed by atoms with E-state index in [4.69, 9.17) is 17.0 Å². The quantitative estimate of drug-likeness (QED) is 0.369. The molecule has 0 aromatic heterocycles. The number of hydrogen-bond donors (Lipinski definition) is 0. The molecule has 0 aliphatic heterocycles. The highest BCUT2D eigenvalue weighted by Crippen LogP contribution is 2.16. The molecule has 0 rings (SSSR count). The van der Waals surface area contributed by atoms with Crippen LogP contribution in [0.1, 0.15) is 52.4 Å². The third-order valence-electron chi connectivity index (χ3n) is 2.06. The molecule has 0 aliphatic carbocycles. The van der Waals surface area contributed by atoms with Gasteiger partial charge in [0.25, 0.3) is 0 Å². The van der Waals surface area contributed by atoms with Crippen molar-refractivity contribution in [2.75, 3.05) is 6.61 Å². The van der Waals surface area contributed by atoms with Crippen LogP contribution in [0, 0.1) is 0 Å². The lowest BCUT2D eigenvalue weighted by atomic mass is 10.1. The normalized spacial score (nSPS) is 12.5. The average Bonchev–Trinajstić information content (AvgIpc) is 2.13. The zero-order valence-corrected chi connectivity index (χ0v) is 11.6. The SMILES string of the molecule is CCCC(Br)CCCCC(=S)OCC. The highest BCUT2D eigenvalue weighted by Gasteiger charge is 2.03. The smallest absolute Gasteiger partial charge is 0.159 e. The Balaban J connectivity index is 3.24. The van der Waals surface area contributed by atoms with E-state index in [1.165, 1.54) is 25.7 Å². The first-order valence-electron chi connectivity index (χ1n) is 5.50. The molecule has 84 valence electrons. The van der Waals surface area contributed by atoms with Crippen molar-refractivity contribution in [2.45, 2.75) is 57.2 Å². The molecule has 0 aromatic rings. The molecule has 3 heteroatoms. The van der Waals surface area contributed by atoms with E-state index in [2.05, 4.69) is 22.9 Å². The van der Waals surface area contributed by atoms with Crippen LogP contribution in [0.3, 0.4) is 0 Å². The number of thiocarbonyl (C=S) groups is 1. The Morgan fingerprint density at radius 3 is 2.57 bits per heavy atom. The number of rotatable bonds is 8. The van der Waals surface area contributed by atoms with Crippen LogP contribution in [0.15, 0.2) is 0 Å². The van der Waals surface area contributed by atoms with Gasteiger partial charge < -0.3 is 4.74 Å². The molecule has 0 heterocycles. The molecule has 0 aliphatic rings. The van der Waals surface area contributed by atoms with E-state index in [0.29, 0.717) is 11.4 Å². The van der Waals surface area contributed by atoms with Gasteiger partial charge in [-0.2, -0.15) is 0 Å². The van der Waals surface area contributed by atoms with Gasteiger partial charge in [-0.25, -0.2) is 0 Å². The molecule has 0 N–H and O–H groups in total. The summed E-state index contributed by atoms with van der Waals surface area (Å²) >= 11 is 8.72. The molecule has 0 amide bonds. The van der Waals surface area contributed by atoms with Crippen LogP contribution in [0.2, 0.25) is 0 Å². The lowest BCUT2D eigenvalue weighted by Crippen LogP contribution is -2.02. The summed E-state index contributed by atoms with van der Waals surface area (Å²) in [6, 6.07) is 0. The highest BCUT2D eigenvalue weighted by molar-refractivity contribution is 9.09. The first-order valence-corrected chi connectivity index (χ1v) is 6.82. The zero-order valence-electron chi connectivity index (χ0n) is 9.22. The maximum atomic E-state index is 5.22. The van der Waals surface area contributed by atoms with Gasteiger partial charge in [-0.05, 0) is 38.4 Å². The minimum atomic E-state index is 0.688. The highest BCUT2D eigenvalue weighted by atomic mass is 79.9. The summed E-state index contributed by atoms with van der Waals surface area (Å²) in [6.45, 7) is 4.90. The van der Waals surface area contributed by atoms with Gasteiger partial charge in [0.15, 0.2) is 5.05 Å². The summed E-state index contributed by atoms with van der Waals surface area (Å²) in [7, 11) is 0. The summed E-state index contributed by atoms with van der Waals surface area (Å²) in [6.07, 6.45) is 7.12. The van der Waals surface area contributed by atoms with Gasteiger partial charge >= 0.3 is 0 Å². The van der Waals surface area contributed by atoms with Crippen molar-refractivity contribution < 1.29 is 4.74 Å². The van der Waals surface area contributed by atoms with Crippen molar-refractivity contribution in [3.05, 3.63) is 0 Å². The Hall–Kier alpha value is 0.370. The lowest BCUT2D eigenvalue weighted by Gasteiger charge is -2.08.